The van der Waals surface area contributed by atoms with Crippen LogP contribution in [0.25, 0.3) is 0 Å². The van der Waals surface area contributed by atoms with Gasteiger partial charge in [-0.3, -0.25) is 19.2 Å². The molecule has 2 aromatic rings. The van der Waals surface area contributed by atoms with E-state index in [1.54, 1.807) is 0 Å². The minimum atomic E-state index is -0.768. The van der Waals surface area contributed by atoms with Crippen molar-refractivity contribution in [3.63, 3.8) is 0 Å². The van der Waals surface area contributed by atoms with E-state index in [1.165, 1.54) is 36.4 Å². The number of hydrogen-bond acceptors (Lipinski definition) is 4. The Labute approximate surface area is 133 Å². The topological polar surface area (TPSA) is 92.3 Å². The molecule has 8 heteroatoms. The van der Waals surface area contributed by atoms with Crippen LogP contribution in [0.5, 0.6) is 0 Å². The third kappa shape index (κ3) is 2.43. The molecule has 6 nitrogen and oxygen atoms in total. The number of nitrogens with one attached hydrogen (secondary N) is 2. The Morgan fingerprint density at radius 1 is 0.625 bits per heavy atom. The summed E-state index contributed by atoms with van der Waals surface area (Å²) in [4.78, 5) is 43.5. The molecule has 0 radical (unpaired) electrons. The van der Waals surface area contributed by atoms with Gasteiger partial charge in [0.25, 0.3) is 23.4 Å². The fraction of sp³-hybridized carbons (Fsp3) is 0. The molecule has 0 unspecified atom stereocenters. The van der Waals surface area contributed by atoms with Gasteiger partial charge in [0.1, 0.15) is 11.6 Å². The van der Waals surface area contributed by atoms with E-state index in [0.717, 1.165) is 0 Å². The number of anilines is 2. The van der Waals surface area contributed by atoms with Gasteiger partial charge in [0.05, 0.1) is 22.5 Å². The predicted molar refractivity (Wildman–Crippen MR) is 78.7 cm³/mol. The summed E-state index contributed by atoms with van der Waals surface area (Å²) < 4.78 is 25.7. The number of carbonyl (C=O) groups is 4. The SMILES string of the molecule is O=C1Nc2c(F)cccc2C1=O.O=C1Nc2c(F)cccc2C1=O. The van der Waals surface area contributed by atoms with E-state index in [4.69, 9.17) is 0 Å². The molecule has 2 amide bonds. The largest absolute Gasteiger partial charge is 0.316 e. The molecule has 2 N–H and O–H groups in total. The van der Waals surface area contributed by atoms with Crippen LogP contribution in [0.4, 0.5) is 20.2 Å². The lowest BCUT2D eigenvalue weighted by molar-refractivity contribution is -0.112. The predicted octanol–water partition coefficient (Wildman–Crippen LogP) is 1.92. The highest BCUT2D eigenvalue weighted by atomic mass is 19.1. The van der Waals surface area contributed by atoms with Crippen LogP contribution in [0.3, 0.4) is 0 Å². The summed E-state index contributed by atoms with van der Waals surface area (Å²) in [5, 5.41) is 4.30. The first-order valence-corrected chi connectivity index (χ1v) is 6.68. The third-order valence-corrected chi connectivity index (χ3v) is 3.41. The van der Waals surface area contributed by atoms with Crippen molar-refractivity contribution in [3.05, 3.63) is 59.2 Å². The average molecular weight is 330 g/mol. The molecule has 2 aliphatic heterocycles. The van der Waals surface area contributed by atoms with E-state index < -0.39 is 35.0 Å². The van der Waals surface area contributed by atoms with Crippen molar-refractivity contribution >= 4 is 34.8 Å². The summed E-state index contributed by atoms with van der Waals surface area (Å²) in [7, 11) is 0. The van der Waals surface area contributed by atoms with Gasteiger partial charge in [-0.15, -0.1) is 0 Å². The Balaban J connectivity index is 0.000000141. The lowest BCUT2D eigenvalue weighted by atomic mass is 10.1. The van der Waals surface area contributed by atoms with Crippen molar-refractivity contribution in [3.8, 4) is 0 Å². The second kappa shape index (κ2) is 5.65. The van der Waals surface area contributed by atoms with Gasteiger partial charge in [-0.2, -0.15) is 0 Å². The molecule has 0 aromatic heterocycles. The maximum absolute atomic E-state index is 12.9. The van der Waals surface area contributed by atoms with E-state index in [1.807, 2.05) is 0 Å². The number of carbonyl (C=O) groups excluding carboxylic acids is 4. The quantitative estimate of drug-likeness (QED) is 0.722. The van der Waals surface area contributed by atoms with Crippen molar-refractivity contribution < 1.29 is 28.0 Å². The maximum Gasteiger partial charge on any atom is 0.296 e. The highest BCUT2D eigenvalue weighted by Crippen LogP contribution is 2.26. The number of rotatable bonds is 0. The highest BCUT2D eigenvalue weighted by Gasteiger charge is 2.30. The smallest absolute Gasteiger partial charge is 0.296 e. The van der Waals surface area contributed by atoms with Crippen LogP contribution < -0.4 is 10.6 Å². The first-order chi connectivity index (χ1) is 11.4. The Morgan fingerprint density at radius 3 is 1.33 bits per heavy atom. The molecule has 0 spiro atoms. The maximum atomic E-state index is 12.9. The zero-order valence-corrected chi connectivity index (χ0v) is 11.9. The first kappa shape index (κ1) is 15.5. The first-order valence-electron chi connectivity index (χ1n) is 6.68. The standard InChI is InChI=1S/2C8H4FNO2/c2*9-5-3-1-2-4-6(5)10-8(12)7(4)11/h2*1-3H,(H,10,11,12). The van der Waals surface area contributed by atoms with Gasteiger partial charge in [0.15, 0.2) is 0 Å². The zero-order chi connectivity index (χ0) is 17.4. The number of Topliss-reactive ketones (excluding diaryl/α,β-unsaturated/α-hetero) is 2. The molecule has 0 bridgehead atoms. The van der Waals surface area contributed by atoms with E-state index in [2.05, 4.69) is 10.6 Å². The monoisotopic (exact) mass is 330 g/mol. The zero-order valence-electron chi connectivity index (χ0n) is 11.9. The lowest BCUT2D eigenvalue weighted by Crippen LogP contribution is -2.12. The lowest BCUT2D eigenvalue weighted by Gasteiger charge is -1.95. The Morgan fingerprint density at radius 2 is 1.00 bits per heavy atom. The van der Waals surface area contributed by atoms with Gasteiger partial charge in [-0.05, 0) is 24.3 Å². The molecule has 120 valence electrons. The summed E-state index contributed by atoms with van der Waals surface area (Å²) in [5.74, 6) is -4.04. The molecule has 0 saturated heterocycles. The second-order valence-corrected chi connectivity index (χ2v) is 4.89. The Kier molecular flexibility index (Phi) is 3.64. The van der Waals surface area contributed by atoms with Crippen LogP contribution in [-0.4, -0.2) is 23.4 Å². The Bertz CT molecular complexity index is 849. The average Bonchev–Trinajstić information content (AvgIpc) is 3.01. The molecule has 4 rings (SSSR count). The van der Waals surface area contributed by atoms with Gasteiger partial charge >= 0.3 is 0 Å². The molecular weight excluding hydrogens is 322 g/mol. The van der Waals surface area contributed by atoms with Crippen LogP contribution in [0.2, 0.25) is 0 Å². The van der Waals surface area contributed by atoms with Crippen molar-refractivity contribution in [2.45, 2.75) is 0 Å². The molecule has 24 heavy (non-hydrogen) atoms. The van der Waals surface area contributed by atoms with Crippen molar-refractivity contribution in [2.75, 3.05) is 10.6 Å². The minimum absolute atomic E-state index is 0.00694. The molecular formula is C16H8F2N2O4. The molecule has 2 heterocycles. The fourth-order valence-electron chi connectivity index (χ4n) is 2.27. The van der Waals surface area contributed by atoms with Gasteiger partial charge in [0, 0.05) is 0 Å². The molecule has 0 atom stereocenters. The fourth-order valence-corrected chi connectivity index (χ4v) is 2.27. The van der Waals surface area contributed by atoms with E-state index in [9.17, 15) is 28.0 Å². The number of hydrogen-bond donors (Lipinski definition) is 2. The van der Waals surface area contributed by atoms with E-state index in [-0.39, 0.29) is 22.5 Å². The number of para-hydroxylation sites is 2. The van der Waals surface area contributed by atoms with Gasteiger partial charge < -0.3 is 10.6 Å². The summed E-state index contributed by atoms with van der Waals surface area (Å²) in [6.07, 6.45) is 0. The molecule has 0 fully saturated rings. The number of fused-ring (bicyclic) bond motifs is 2. The molecule has 0 aliphatic carbocycles. The van der Waals surface area contributed by atoms with Crippen LogP contribution in [0.1, 0.15) is 20.7 Å². The van der Waals surface area contributed by atoms with Gasteiger partial charge in [-0.25, -0.2) is 8.78 Å². The summed E-state index contributed by atoms with van der Waals surface area (Å²) >= 11 is 0. The van der Waals surface area contributed by atoms with Gasteiger partial charge in [-0.1, -0.05) is 12.1 Å². The van der Waals surface area contributed by atoms with Crippen LogP contribution in [0.15, 0.2) is 36.4 Å². The highest BCUT2D eigenvalue weighted by molar-refractivity contribution is 6.52. The van der Waals surface area contributed by atoms with Crippen LogP contribution in [-0.2, 0) is 9.59 Å². The third-order valence-electron chi connectivity index (χ3n) is 3.41. The summed E-state index contributed by atoms with van der Waals surface area (Å²) in [6.45, 7) is 0. The van der Waals surface area contributed by atoms with Crippen LogP contribution >= 0.6 is 0 Å². The van der Waals surface area contributed by atoms with E-state index in [0.29, 0.717) is 0 Å². The summed E-state index contributed by atoms with van der Waals surface area (Å²) in [5.41, 5.74) is 0.208. The van der Waals surface area contributed by atoms with Crippen molar-refractivity contribution in [2.24, 2.45) is 0 Å². The number of amides is 2. The number of halogens is 2. The second-order valence-electron chi connectivity index (χ2n) is 4.89. The normalized spacial score (nSPS) is 14.4. The van der Waals surface area contributed by atoms with Gasteiger partial charge in [0.2, 0.25) is 0 Å². The molecule has 2 aliphatic rings. The van der Waals surface area contributed by atoms with Crippen molar-refractivity contribution in [1.82, 2.24) is 0 Å². The van der Waals surface area contributed by atoms with Crippen molar-refractivity contribution in [1.29, 1.82) is 0 Å². The van der Waals surface area contributed by atoms with Crippen LogP contribution in [0, 0.1) is 11.6 Å². The van der Waals surface area contributed by atoms with E-state index >= 15 is 0 Å². The molecule has 0 saturated carbocycles. The summed E-state index contributed by atoms with van der Waals surface area (Å²) in [6, 6.07) is 8.01. The molecule has 2 aromatic carbocycles. The minimum Gasteiger partial charge on any atom is -0.316 e. The Hall–Kier alpha value is -3.42. The number of ketones is 2. The number of benzene rings is 2.